The van der Waals surface area contributed by atoms with Crippen LogP contribution in [0.1, 0.15) is 6.42 Å². The highest BCUT2D eigenvalue weighted by Crippen LogP contribution is 2.31. The third kappa shape index (κ3) is 1.58. The lowest BCUT2D eigenvalue weighted by molar-refractivity contribution is 0.683. The second kappa shape index (κ2) is 3.58. The molecule has 0 radical (unpaired) electrons. The van der Waals surface area contributed by atoms with Crippen LogP contribution < -0.4 is 4.90 Å². The van der Waals surface area contributed by atoms with Crippen molar-refractivity contribution in [3.63, 3.8) is 0 Å². The van der Waals surface area contributed by atoms with Crippen molar-refractivity contribution in [1.82, 2.24) is 0 Å². The molecule has 0 saturated carbocycles. The molecule has 0 N–H and O–H groups in total. The maximum atomic E-state index is 2.48. The molecule has 0 spiro atoms. The summed E-state index contributed by atoms with van der Waals surface area (Å²) in [6, 6.07) is 10.7. The molecule has 3 rings (SSSR count). The van der Waals surface area contributed by atoms with Crippen LogP contribution in [0.2, 0.25) is 0 Å². The normalized spacial score (nSPS) is 23.9. The highest BCUT2D eigenvalue weighted by atomic mass is 15.2. The van der Waals surface area contributed by atoms with Crippen molar-refractivity contribution in [3.8, 4) is 0 Å². The van der Waals surface area contributed by atoms with Gasteiger partial charge in [0.2, 0.25) is 0 Å². The molecule has 2 aliphatic rings. The molecular weight excluding hydrogens is 182 g/mol. The summed E-state index contributed by atoms with van der Waals surface area (Å²) in [6.45, 7) is 2.29. The van der Waals surface area contributed by atoms with E-state index in [4.69, 9.17) is 0 Å². The van der Waals surface area contributed by atoms with E-state index in [1.54, 1.807) is 5.57 Å². The largest absolute Gasteiger partial charge is 0.367 e. The molecule has 15 heavy (non-hydrogen) atoms. The van der Waals surface area contributed by atoms with E-state index in [9.17, 15) is 0 Å². The number of allylic oxidation sites excluding steroid dienone is 3. The van der Waals surface area contributed by atoms with Crippen LogP contribution in [0.4, 0.5) is 5.69 Å². The number of para-hydroxylation sites is 1. The van der Waals surface area contributed by atoms with E-state index < -0.39 is 0 Å². The van der Waals surface area contributed by atoms with Crippen LogP contribution in [0, 0.1) is 5.92 Å². The van der Waals surface area contributed by atoms with Gasteiger partial charge in [0.1, 0.15) is 0 Å². The number of rotatable bonds is 1. The predicted molar refractivity (Wildman–Crippen MR) is 64.0 cm³/mol. The van der Waals surface area contributed by atoms with Gasteiger partial charge in [-0.1, -0.05) is 36.4 Å². The predicted octanol–water partition coefficient (Wildman–Crippen LogP) is 3.01. The van der Waals surface area contributed by atoms with Gasteiger partial charge in [-0.2, -0.15) is 0 Å². The van der Waals surface area contributed by atoms with Crippen LogP contribution in [0.5, 0.6) is 0 Å². The minimum atomic E-state index is 0.759. The molecule has 0 bridgehead atoms. The molecule has 1 nitrogen and oxygen atoms in total. The Morgan fingerprint density at radius 2 is 2.00 bits per heavy atom. The maximum Gasteiger partial charge on any atom is 0.0395 e. The van der Waals surface area contributed by atoms with Crippen molar-refractivity contribution in [1.29, 1.82) is 0 Å². The van der Waals surface area contributed by atoms with Crippen LogP contribution in [0.25, 0.3) is 0 Å². The number of hydrogen-bond donors (Lipinski definition) is 0. The average molecular weight is 197 g/mol. The molecule has 1 aromatic carbocycles. The van der Waals surface area contributed by atoms with Gasteiger partial charge >= 0.3 is 0 Å². The molecule has 1 aliphatic carbocycles. The summed E-state index contributed by atoms with van der Waals surface area (Å²) in [7, 11) is 0. The Bertz CT molecular complexity index is 403. The van der Waals surface area contributed by atoms with E-state index in [-0.39, 0.29) is 0 Å². The minimum absolute atomic E-state index is 0.759. The van der Waals surface area contributed by atoms with Crippen molar-refractivity contribution >= 4 is 5.69 Å². The third-order valence-corrected chi connectivity index (χ3v) is 3.33. The molecule has 1 unspecified atom stereocenters. The first-order valence-electron chi connectivity index (χ1n) is 5.59. The zero-order valence-electron chi connectivity index (χ0n) is 8.76. The van der Waals surface area contributed by atoms with Gasteiger partial charge in [0.15, 0.2) is 0 Å². The van der Waals surface area contributed by atoms with E-state index in [0.29, 0.717) is 0 Å². The Labute approximate surface area is 90.7 Å². The van der Waals surface area contributed by atoms with E-state index in [1.165, 1.54) is 18.7 Å². The second-order valence-corrected chi connectivity index (χ2v) is 4.32. The van der Waals surface area contributed by atoms with Gasteiger partial charge in [0.05, 0.1) is 0 Å². The Kier molecular flexibility index (Phi) is 2.09. The molecule has 1 heterocycles. The van der Waals surface area contributed by atoms with Crippen LogP contribution in [0.15, 0.2) is 54.1 Å². The summed E-state index contributed by atoms with van der Waals surface area (Å²) in [5, 5.41) is 0. The Hall–Kier alpha value is -1.50. The van der Waals surface area contributed by atoms with E-state index >= 15 is 0 Å². The molecule has 1 aromatic rings. The highest BCUT2D eigenvalue weighted by molar-refractivity contribution is 5.51. The van der Waals surface area contributed by atoms with Gasteiger partial charge in [0, 0.05) is 24.7 Å². The molecule has 0 aromatic heterocycles. The number of fused-ring (bicyclic) bond motifs is 1. The van der Waals surface area contributed by atoms with Crippen molar-refractivity contribution in [2.75, 3.05) is 18.0 Å². The Morgan fingerprint density at radius 1 is 1.13 bits per heavy atom. The molecule has 1 saturated heterocycles. The monoisotopic (exact) mass is 197 g/mol. The first-order chi connectivity index (χ1) is 7.43. The molecule has 1 fully saturated rings. The highest BCUT2D eigenvalue weighted by Gasteiger charge is 2.27. The fourth-order valence-corrected chi connectivity index (χ4v) is 2.48. The van der Waals surface area contributed by atoms with Crippen molar-refractivity contribution in [2.45, 2.75) is 6.42 Å². The summed E-state index contributed by atoms with van der Waals surface area (Å²) in [5.74, 6) is 0.759. The number of anilines is 1. The first kappa shape index (κ1) is 8.78. The lowest BCUT2D eigenvalue weighted by Gasteiger charge is -2.17. The van der Waals surface area contributed by atoms with Crippen LogP contribution >= 0.6 is 0 Å². The Morgan fingerprint density at radius 3 is 2.80 bits per heavy atom. The van der Waals surface area contributed by atoms with E-state index in [0.717, 1.165) is 12.5 Å². The lowest BCUT2D eigenvalue weighted by Crippen LogP contribution is -2.19. The number of nitrogens with zero attached hydrogens (tertiary/aromatic N) is 1. The SMILES string of the molecule is C1=CCC2CN(c3ccccc3)CC2=C1. The zero-order chi connectivity index (χ0) is 10.1. The number of hydrogen-bond acceptors (Lipinski definition) is 1. The van der Waals surface area contributed by atoms with Gasteiger partial charge in [-0.3, -0.25) is 0 Å². The van der Waals surface area contributed by atoms with E-state index in [2.05, 4.69) is 53.5 Å². The van der Waals surface area contributed by atoms with Crippen LogP contribution in [-0.4, -0.2) is 13.1 Å². The molecule has 1 aliphatic heterocycles. The van der Waals surface area contributed by atoms with Gasteiger partial charge < -0.3 is 4.90 Å². The fraction of sp³-hybridized carbons (Fsp3) is 0.286. The van der Waals surface area contributed by atoms with Crippen molar-refractivity contribution in [2.24, 2.45) is 5.92 Å². The summed E-state index contributed by atoms with van der Waals surface area (Å²) in [4.78, 5) is 2.48. The second-order valence-electron chi connectivity index (χ2n) is 4.32. The maximum absolute atomic E-state index is 2.48. The van der Waals surface area contributed by atoms with Gasteiger partial charge in [0.25, 0.3) is 0 Å². The van der Waals surface area contributed by atoms with Gasteiger partial charge in [-0.25, -0.2) is 0 Å². The van der Waals surface area contributed by atoms with Gasteiger partial charge in [-0.05, 0) is 24.1 Å². The summed E-state index contributed by atoms with van der Waals surface area (Å²) in [6.07, 6.45) is 7.98. The summed E-state index contributed by atoms with van der Waals surface area (Å²) < 4.78 is 0. The quantitative estimate of drug-likeness (QED) is 0.669. The minimum Gasteiger partial charge on any atom is -0.367 e. The smallest absolute Gasteiger partial charge is 0.0395 e. The standard InChI is InChI=1S/C14H15N/c1-2-8-14(9-3-1)15-10-12-6-4-5-7-13(12)11-15/h1-6,8-9,13H,7,10-11H2. The lowest BCUT2D eigenvalue weighted by atomic mass is 9.95. The molecule has 76 valence electrons. The van der Waals surface area contributed by atoms with Crippen molar-refractivity contribution < 1.29 is 0 Å². The third-order valence-electron chi connectivity index (χ3n) is 3.33. The summed E-state index contributed by atoms with van der Waals surface area (Å²) in [5.41, 5.74) is 2.95. The average Bonchev–Trinajstić information content (AvgIpc) is 2.74. The summed E-state index contributed by atoms with van der Waals surface area (Å²) >= 11 is 0. The zero-order valence-corrected chi connectivity index (χ0v) is 8.76. The first-order valence-corrected chi connectivity index (χ1v) is 5.59. The van der Waals surface area contributed by atoms with Crippen molar-refractivity contribution in [3.05, 3.63) is 54.1 Å². The molecule has 1 atom stereocenters. The van der Waals surface area contributed by atoms with Crippen LogP contribution in [-0.2, 0) is 0 Å². The van der Waals surface area contributed by atoms with Crippen LogP contribution in [0.3, 0.4) is 0 Å². The molecular formula is C14H15N. The van der Waals surface area contributed by atoms with E-state index in [1.807, 2.05) is 0 Å². The Balaban J connectivity index is 1.83. The fourth-order valence-electron chi connectivity index (χ4n) is 2.48. The molecule has 1 heteroatoms. The van der Waals surface area contributed by atoms with Gasteiger partial charge in [-0.15, -0.1) is 0 Å². The topological polar surface area (TPSA) is 3.24 Å². The number of benzene rings is 1. The molecule has 0 amide bonds.